The molecule has 0 saturated carbocycles. The van der Waals surface area contributed by atoms with Crippen LogP contribution in [0.15, 0.2) is 78.9 Å². The third-order valence-electron chi connectivity index (χ3n) is 5.19. The number of para-hydroxylation sites is 1. The minimum Gasteiger partial charge on any atom is -0.350 e. The summed E-state index contributed by atoms with van der Waals surface area (Å²) in [5.74, 6) is 0.0324. The lowest BCUT2D eigenvalue weighted by molar-refractivity contribution is 0.0732. The number of amides is 1. The molecule has 0 fully saturated rings. The summed E-state index contributed by atoms with van der Waals surface area (Å²) in [4.78, 5) is 18.6. The summed E-state index contributed by atoms with van der Waals surface area (Å²) in [6.45, 7) is 0.559. The Labute approximate surface area is 162 Å². The third-order valence-corrected chi connectivity index (χ3v) is 5.44. The van der Waals surface area contributed by atoms with Crippen molar-refractivity contribution in [1.82, 2.24) is 9.88 Å². The van der Waals surface area contributed by atoms with Gasteiger partial charge in [-0.25, -0.2) is 0 Å². The molecule has 0 radical (unpaired) electrons. The van der Waals surface area contributed by atoms with Gasteiger partial charge in [0.2, 0.25) is 0 Å². The number of nitrogens with zero attached hydrogens (tertiary/aromatic N) is 1. The van der Waals surface area contributed by atoms with Crippen LogP contribution in [-0.2, 0) is 6.54 Å². The number of aromatic nitrogens is 1. The van der Waals surface area contributed by atoms with E-state index in [0.29, 0.717) is 17.3 Å². The number of benzene rings is 3. The highest BCUT2D eigenvalue weighted by Crippen LogP contribution is 2.43. The van der Waals surface area contributed by atoms with E-state index in [9.17, 15) is 4.79 Å². The lowest BCUT2D eigenvalue weighted by Gasteiger charge is -2.26. The molecule has 132 valence electrons. The number of carbonyl (C=O) groups is 1. The molecule has 1 aromatic heterocycles. The van der Waals surface area contributed by atoms with Gasteiger partial charge in [0, 0.05) is 28.0 Å². The fourth-order valence-electron chi connectivity index (χ4n) is 3.97. The molecule has 1 amide bonds. The second-order valence-electron chi connectivity index (χ2n) is 6.83. The van der Waals surface area contributed by atoms with E-state index in [4.69, 9.17) is 11.6 Å². The van der Waals surface area contributed by atoms with Crippen molar-refractivity contribution in [3.8, 4) is 0 Å². The molecule has 5 rings (SSSR count). The molecule has 27 heavy (non-hydrogen) atoms. The number of H-pyrrole nitrogens is 1. The van der Waals surface area contributed by atoms with Crippen molar-refractivity contribution in [3.63, 3.8) is 0 Å². The average molecular weight is 373 g/mol. The predicted molar refractivity (Wildman–Crippen MR) is 108 cm³/mol. The van der Waals surface area contributed by atoms with Crippen LogP contribution in [0.25, 0.3) is 10.9 Å². The number of carbonyl (C=O) groups excluding carboxylic acids is 1. The zero-order valence-corrected chi connectivity index (χ0v) is 15.3. The Bertz CT molecular complexity index is 1130. The van der Waals surface area contributed by atoms with Gasteiger partial charge in [0.25, 0.3) is 5.91 Å². The molecule has 2 heterocycles. The first-order chi connectivity index (χ1) is 13.2. The van der Waals surface area contributed by atoms with Crippen molar-refractivity contribution in [3.05, 3.63) is 106 Å². The topological polar surface area (TPSA) is 36.1 Å². The third kappa shape index (κ3) is 2.63. The molecule has 1 atom stereocenters. The van der Waals surface area contributed by atoms with Crippen LogP contribution in [0.1, 0.15) is 33.2 Å². The van der Waals surface area contributed by atoms with Crippen LogP contribution in [0.5, 0.6) is 0 Å². The summed E-state index contributed by atoms with van der Waals surface area (Å²) in [6.07, 6.45) is 0. The second kappa shape index (κ2) is 6.29. The quantitative estimate of drug-likeness (QED) is 0.501. The Balaban J connectivity index is 1.68. The fraction of sp³-hybridized carbons (Fsp3) is 0.0870. The van der Waals surface area contributed by atoms with Crippen LogP contribution < -0.4 is 0 Å². The first kappa shape index (κ1) is 16.2. The van der Waals surface area contributed by atoms with Crippen molar-refractivity contribution in [2.75, 3.05) is 0 Å². The largest absolute Gasteiger partial charge is 0.350 e. The molecule has 1 N–H and O–H groups in total. The Morgan fingerprint density at radius 1 is 0.889 bits per heavy atom. The molecule has 3 aromatic carbocycles. The molecule has 1 aliphatic rings. The smallest absolute Gasteiger partial charge is 0.271 e. The Kier molecular flexibility index (Phi) is 3.76. The standard InChI is InChI=1S/C23H17ClN2O/c24-17-12-10-16(11-13-17)22-20-18-8-4-5-9-19(18)25-21(20)23(27)26(22)14-15-6-2-1-3-7-15/h1-13,22,25H,14H2. The number of nitrogens with one attached hydrogen (secondary N) is 1. The number of rotatable bonds is 3. The number of hydrogen-bond acceptors (Lipinski definition) is 1. The van der Waals surface area contributed by atoms with E-state index >= 15 is 0 Å². The van der Waals surface area contributed by atoms with E-state index in [1.54, 1.807) is 0 Å². The highest BCUT2D eigenvalue weighted by Gasteiger charge is 2.40. The van der Waals surface area contributed by atoms with Crippen molar-refractivity contribution in [2.24, 2.45) is 0 Å². The maximum atomic E-state index is 13.3. The summed E-state index contributed by atoms with van der Waals surface area (Å²) >= 11 is 6.10. The highest BCUT2D eigenvalue weighted by atomic mass is 35.5. The number of fused-ring (bicyclic) bond motifs is 3. The molecule has 0 spiro atoms. The SMILES string of the molecule is O=C1c2[nH]c3ccccc3c2C(c2ccc(Cl)cc2)N1Cc1ccccc1. The molecule has 1 aliphatic heterocycles. The van der Waals surface area contributed by atoms with Crippen molar-refractivity contribution < 1.29 is 4.79 Å². The first-order valence-electron chi connectivity index (χ1n) is 8.93. The van der Waals surface area contributed by atoms with Gasteiger partial charge in [-0.2, -0.15) is 0 Å². The number of hydrogen-bond donors (Lipinski definition) is 1. The van der Waals surface area contributed by atoms with Crippen LogP contribution in [0.2, 0.25) is 5.02 Å². The van der Waals surface area contributed by atoms with Crippen LogP contribution in [0.3, 0.4) is 0 Å². The lowest BCUT2D eigenvalue weighted by atomic mass is 9.97. The van der Waals surface area contributed by atoms with Gasteiger partial charge >= 0.3 is 0 Å². The van der Waals surface area contributed by atoms with E-state index in [0.717, 1.165) is 27.6 Å². The molecule has 0 aliphatic carbocycles. The number of halogens is 1. The molecular weight excluding hydrogens is 356 g/mol. The zero-order chi connectivity index (χ0) is 18.4. The minimum absolute atomic E-state index is 0.0324. The van der Waals surface area contributed by atoms with Crippen molar-refractivity contribution in [2.45, 2.75) is 12.6 Å². The summed E-state index contributed by atoms with van der Waals surface area (Å²) in [5.41, 5.74) is 4.90. The normalized spacial score (nSPS) is 16.1. The van der Waals surface area contributed by atoms with E-state index < -0.39 is 0 Å². The van der Waals surface area contributed by atoms with Gasteiger partial charge in [-0.3, -0.25) is 4.79 Å². The molecule has 0 bridgehead atoms. The van der Waals surface area contributed by atoms with Gasteiger partial charge in [-0.15, -0.1) is 0 Å². The van der Waals surface area contributed by atoms with E-state index in [-0.39, 0.29) is 11.9 Å². The van der Waals surface area contributed by atoms with Crippen molar-refractivity contribution in [1.29, 1.82) is 0 Å². The fourth-order valence-corrected chi connectivity index (χ4v) is 4.09. The maximum Gasteiger partial charge on any atom is 0.271 e. The van der Waals surface area contributed by atoms with Gasteiger partial charge in [0.05, 0.1) is 6.04 Å². The zero-order valence-electron chi connectivity index (χ0n) is 14.5. The Hall–Kier alpha value is -3.04. The maximum absolute atomic E-state index is 13.3. The average Bonchev–Trinajstić information content (AvgIpc) is 3.20. The van der Waals surface area contributed by atoms with Crippen LogP contribution in [-0.4, -0.2) is 15.8 Å². The predicted octanol–water partition coefficient (Wildman–Crippen LogP) is 5.57. The van der Waals surface area contributed by atoms with Gasteiger partial charge in [0.15, 0.2) is 0 Å². The molecular formula is C23H17ClN2O. The molecule has 1 unspecified atom stereocenters. The van der Waals surface area contributed by atoms with Gasteiger partial charge in [0.1, 0.15) is 5.69 Å². The number of aromatic amines is 1. The molecule has 3 nitrogen and oxygen atoms in total. The van der Waals surface area contributed by atoms with Crippen molar-refractivity contribution >= 4 is 28.4 Å². The lowest BCUT2D eigenvalue weighted by Crippen LogP contribution is -2.28. The molecule has 0 saturated heterocycles. The second-order valence-corrected chi connectivity index (χ2v) is 7.27. The summed E-state index contributed by atoms with van der Waals surface area (Å²) in [6, 6.07) is 25.8. The van der Waals surface area contributed by atoms with Gasteiger partial charge in [-0.05, 0) is 29.3 Å². The van der Waals surface area contributed by atoms with E-state index in [1.807, 2.05) is 65.6 Å². The van der Waals surface area contributed by atoms with E-state index in [1.165, 1.54) is 0 Å². The minimum atomic E-state index is -0.138. The molecule has 4 heteroatoms. The van der Waals surface area contributed by atoms with Crippen LogP contribution in [0.4, 0.5) is 0 Å². The van der Waals surface area contributed by atoms with Crippen LogP contribution >= 0.6 is 11.6 Å². The summed E-state index contributed by atoms with van der Waals surface area (Å²) in [5, 5.41) is 1.79. The molecule has 4 aromatic rings. The Morgan fingerprint density at radius 2 is 1.59 bits per heavy atom. The Morgan fingerprint density at radius 3 is 2.37 bits per heavy atom. The van der Waals surface area contributed by atoms with Gasteiger partial charge < -0.3 is 9.88 Å². The first-order valence-corrected chi connectivity index (χ1v) is 9.31. The monoisotopic (exact) mass is 372 g/mol. The summed E-state index contributed by atoms with van der Waals surface area (Å²) < 4.78 is 0. The van der Waals surface area contributed by atoms with Crippen LogP contribution in [0, 0.1) is 0 Å². The van der Waals surface area contributed by atoms with Gasteiger partial charge in [-0.1, -0.05) is 72.3 Å². The van der Waals surface area contributed by atoms with E-state index in [2.05, 4.69) is 23.2 Å². The summed E-state index contributed by atoms with van der Waals surface area (Å²) in [7, 11) is 0. The highest BCUT2D eigenvalue weighted by molar-refractivity contribution is 6.30.